The molecule has 72 valence electrons. The van der Waals surface area contributed by atoms with Crippen molar-refractivity contribution in [1.82, 2.24) is 5.16 Å². The maximum atomic E-state index is 10.9. The van der Waals surface area contributed by atoms with Crippen molar-refractivity contribution in [2.75, 3.05) is 17.8 Å². The third-order valence-corrected chi connectivity index (χ3v) is 1.32. The highest BCUT2D eigenvalue weighted by atomic mass is 35.5. The summed E-state index contributed by atoms with van der Waals surface area (Å²) in [4.78, 5) is 10.9. The topological polar surface area (TPSA) is 64.4 Å². The van der Waals surface area contributed by atoms with Crippen LogP contribution in [0.25, 0.3) is 0 Å². The van der Waals surface area contributed by atoms with Crippen molar-refractivity contribution in [2.45, 2.75) is 6.92 Å². The number of nitrogens with zero attached hydrogens (tertiary/aromatic N) is 1. The molecule has 1 aromatic heterocycles. The first-order valence-corrected chi connectivity index (χ1v) is 4.19. The summed E-state index contributed by atoms with van der Waals surface area (Å²) in [5, 5.41) is 5.93. The van der Waals surface area contributed by atoms with Crippen molar-refractivity contribution in [1.29, 1.82) is 0 Å². The van der Waals surface area contributed by atoms with E-state index in [1.165, 1.54) is 0 Å². The highest BCUT2D eigenvalue weighted by Crippen LogP contribution is 2.08. The lowest BCUT2D eigenvalue weighted by atomic mass is 10.5. The number of hydrogen-bond donors (Lipinski definition) is 1. The third-order valence-electron chi connectivity index (χ3n) is 1.16. The van der Waals surface area contributed by atoms with Gasteiger partial charge in [0.05, 0.1) is 11.6 Å². The number of nitrogens with one attached hydrogen (secondary N) is 1. The van der Waals surface area contributed by atoms with E-state index in [-0.39, 0.29) is 18.4 Å². The molecule has 0 bridgehead atoms. The van der Waals surface area contributed by atoms with Gasteiger partial charge >= 0.3 is 6.09 Å². The number of amides is 1. The van der Waals surface area contributed by atoms with Gasteiger partial charge in [-0.25, -0.2) is 4.79 Å². The fourth-order valence-electron chi connectivity index (χ4n) is 0.690. The lowest BCUT2D eigenvalue weighted by Crippen LogP contribution is -2.14. The van der Waals surface area contributed by atoms with E-state index in [1.54, 1.807) is 13.0 Å². The minimum atomic E-state index is -0.600. The minimum Gasteiger partial charge on any atom is -0.448 e. The molecule has 1 rings (SSSR count). The zero-order chi connectivity index (χ0) is 9.68. The Morgan fingerprint density at radius 1 is 1.85 bits per heavy atom. The first kappa shape index (κ1) is 9.85. The SMILES string of the molecule is Cc1cc(NC(=O)OCCCl)on1. The first-order valence-electron chi connectivity index (χ1n) is 3.65. The summed E-state index contributed by atoms with van der Waals surface area (Å²) >= 11 is 5.31. The summed E-state index contributed by atoms with van der Waals surface area (Å²) in [6.45, 7) is 1.92. The van der Waals surface area contributed by atoms with Gasteiger partial charge in [-0.3, -0.25) is 5.32 Å². The molecule has 1 aromatic rings. The number of rotatable bonds is 3. The molecule has 0 radical (unpaired) electrons. The highest BCUT2D eigenvalue weighted by Gasteiger charge is 2.06. The highest BCUT2D eigenvalue weighted by molar-refractivity contribution is 6.18. The van der Waals surface area contributed by atoms with Crippen LogP contribution in [0.5, 0.6) is 0 Å². The fourth-order valence-corrected chi connectivity index (χ4v) is 0.768. The van der Waals surface area contributed by atoms with Crippen LogP contribution in [0, 0.1) is 6.92 Å². The Morgan fingerprint density at radius 2 is 2.62 bits per heavy atom. The van der Waals surface area contributed by atoms with E-state index in [0.29, 0.717) is 5.69 Å². The number of anilines is 1. The largest absolute Gasteiger partial charge is 0.448 e. The van der Waals surface area contributed by atoms with E-state index in [2.05, 4.69) is 15.2 Å². The van der Waals surface area contributed by atoms with Crippen molar-refractivity contribution < 1.29 is 14.1 Å². The van der Waals surface area contributed by atoms with Crippen LogP contribution in [-0.2, 0) is 4.74 Å². The second kappa shape index (κ2) is 4.71. The van der Waals surface area contributed by atoms with Crippen molar-refractivity contribution in [2.24, 2.45) is 0 Å². The Morgan fingerprint density at radius 3 is 3.15 bits per heavy atom. The second-order valence-electron chi connectivity index (χ2n) is 2.28. The third kappa shape index (κ3) is 3.33. The van der Waals surface area contributed by atoms with Crippen LogP contribution in [-0.4, -0.2) is 23.7 Å². The summed E-state index contributed by atoms with van der Waals surface area (Å²) in [6, 6.07) is 1.59. The molecule has 1 N–H and O–H groups in total. The second-order valence-corrected chi connectivity index (χ2v) is 2.66. The molecule has 0 spiro atoms. The zero-order valence-electron chi connectivity index (χ0n) is 7.04. The van der Waals surface area contributed by atoms with Gasteiger partial charge in [-0.15, -0.1) is 11.6 Å². The molecule has 0 aliphatic heterocycles. The summed E-state index contributed by atoms with van der Waals surface area (Å²) in [5.41, 5.74) is 0.688. The van der Waals surface area contributed by atoms with Crippen molar-refractivity contribution in [3.05, 3.63) is 11.8 Å². The van der Waals surface area contributed by atoms with E-state index in [4.69, 9.17) is 16.1 Å². The van der Waals surface area contributed by atoms with Crippen LogP contribution in [0.4, 0.5) is 10.7 Å². The molecule has 0 saturated carbocycles. The summed E-state index contributed by atoms with van der Waals surface area (Å²) in [7, 11) is 0. The quantitative estimate of drug-likeness (QED) is 0.763. The molecule has 5 nitrogen and oxygen atoms in total. The Bertz CT molecular complexity index is 287. The molecule has 0 atom stereocenters. The van der Waals surface area contributed by atoms with E-state index in [0.717, 1.165) is 0 Å². The van der Waals surface area contributed by atoms with Gasteiger partial charge in [0.1, 0.15) is 6.61 Å². The van der Waals surface area contributed by atoms with Gasteiger partial charge in [0.2, 0.25) is 5.88 Å². The Kier molecular flexibility index (Phi) is 3.57. The number of halogens is 1. The number of aryl methyl sites for hydroxylation is 1. The molecule has 0 aliphatic rings. The number of aromatic nitrogens is 1. The average molecular weight is 205 g/mol. The van der Waals surface area contributed by atoms with Crippen molar-refractivity contribution in [3.8, 4) is 0 Å². The summed E-state index contributed by atoms with van der Waals surface area (Å²) in [6.07, 6.45) is -0.600. The van der Waals surface area contributed by atoms with Gasteiger partial charge in [0, 0.05) is 6.07 Å². The predicted molar refractivity (Wildman–Crippen MR) is 46.9 cm³/mol. The number of hydrogen-bond acceptors (Lipinski definition) is 4. The molecular formula is C7H9ClN2O3. The van der Waals surface area contributed by atoms with Crippen LogP contribution in [0.15, 0.2) is 10.6 Å². The van der Waals surface area contributed by atoms with Crippen LogP contribution < -0.4 is 5.32 Å². The van der Waals surface area contributed by atoms with Gasteiger partial charge in [-0.2, -0.15) is 0 Å². The maximum Gasteiger partial charge on any atom is 0.414 e. The standard InChI is InChI=1S/C7H9ClN2O3/c1-5-4-6(13-10-5)9-7(11)12-3-2-8/h4H,2-3H2,1H3,(H,9,11). The molecule has 0 aromatic carbocycles. The molecule has 6 heteroatoms. The Balaban J connectivity index is 2.36. The summed E-state index contributed by atoms with van der Waals surface area (Å²) in [5.74, 6) is 0.528. The lowest BCUT2D eigenvalue weighted by Gasteiger charge is -2.00. The Hall–Kier alpha value is -1.23. The number of carbonyl (C=O) groups excluding carboxylic acids is 1. The number of ether oxygens (including phenoxy) is 1. The molecule has 0 unspecified atom stereocenters. The van der Waals surface area contributed by atoms with Gasteiger partial charge in [-0.1, -0.05) is 5.16 Å². The zero-order valence-corrected chi connectivity index (χ0v) is 7.80. The van der Waals surface area contributed by atoms with Crippen molar-refractivity contribution in [3.63, 3.8) is 0 Å². The molecule has 0 aliphatic carbocycles. The molecule has 0 saturated heterocycles. The number of alkyl halides is 1. The normalized spacial score (nSPS) is 9.69. The monoisotopic (exact) mass is 204 g/mol. The maximum absolute atomic E-state index is 10.9. The molecule has 1 heterocycles. The predicted octanol–water partition coefficient (Wildman–Crippen LogP) is 1.77. The van der Waals surface area contributed by atoms with Crippen LogP contribution in [0.1, 0.15) is 5.69 Å². The van der Waals surface area contributed by atoms with Gasteiger partial charge in [-0.05, 0) is 6.92 Å². The lowest BCUT2D eigenvalue weighted by molar-refractivity contribution is 0.167. The molecule has 13 heavy (non-hydrogen) atoms. The molecular weight excluding hydrogens is 196 g/mol. The number of carbonyl (C=O) groups is 1. The van der Waals surface area contributed by atoms with Crippen molar-refractivity contribution >= 4 is 23.6 Å². The van der Waals surface area contributed by atoms with Gasteiger partial charge < -0.3 is 9.26 Å². The van der Waals surface area contributed by atoms with E-state index < -0.39 is 6.09 Å². The van der Waals surface area contributed by atoms with Crippen LogP contribution >= 0.6 is 11.6 Å². The fraction of sp³-hybridized carbons (Fsp3) is 0.429. The molecule has 1 amide bonds. The van der Waals surface area contributed by atoms with Crippen LogP contribution in [0.2, 0.25) is 0 Å². The van der Waals surface area contributed by atoms with Gasteiger partial charge in [0.25, 0.3) is 0 Å². The minimum absolute atomic E-state index is 0.167. The van der Waals surface area contributed by atoms with E-state index >= 15 is 0 Å². The molecule has 0 fully saturated rings. The average Bonchev–Trinajstić information content (AvgIpc) is 2.48. The smallest absolute Gasteiger partial charge is 0.414 e. The van der Waals surface area contributed by atoms with Gasteiger partial charge in [0.15, 0.2) is 0 Å². The first-order chi connectivity index (χ1) is 6.22. The van der Waals surface area contributed by atoms with Crippen LogP contribution in [0.3, 0.4) is 0 Å². The Labute approximate surface area is 80.0 Å². The van der Waals surface area contributed by atoms with E-state index in [1.807, 2.05) is 0 Å². The van der Waals surface area contributed by atoms with E-state index in [9.17, 15) is 4.79 Å². The summed E-state index contributed by atoms with van der Waals surface area (Å²) < 4.78 is 9.35.